The lowest BCUT2D eigenvalue weighted by Crippen LogP contribution is -2.13. The van der Waals surface area contributed by atoms with Crippen molar-refractivity contribution in [2.75, 3.05) is 5.43 Å². The van der Waals surface area contributed by atoms with Gasteiger partial charge in [-0.25, -0.2) is 15.8 Å². The molecule has 0 aliphatic heterocycles. The number of rotatable bonds is 3. The Bertz CT molecular complexity index is 773. The lowest BCUT2D eigenvalue weighted by Gasteiger charge is -2.07. The molecule has 0 aromatic carbocycles. The van der Waals surface area contributed by atoms with Crippen LogP contribution in [0.1, 0.15) is 22.8 Å². The standard InChI is InChI=1S/C13H16N6S/c1-7-8(2)18-19(9(7)3)6-11-15-12(17-14)10-4-5-20-13(10)16-11/h4-5H,6,14H2,1-3H3,(H,15,16,17). The minimum absolute atomic E-state index is 0.545. The molecule has 6 nitrogen and oxygen atoms in total. The summed E-state index contributed by atoms with van der Waals surface area (Å²) in [7, 11) is 0. The van der Waals surface area contributed by atoms with Gasteiger partial charge in [-0.3, -0.25) is 4.68 Å². The predicted octanol–water partition coefficient (Wildman–Crippen LogP) is 2.15. The number of hydrogen-bond donors (Lipinski definition) is 2. The Morgan fingerprint density at radius 2 is 2.10 bits per heavy atom. The molecule has 7 heteroatoms. The van der Waals surface area contributed by atoms with E-state index in [-0.39, 0.29) is 0 Å². The number of aryl methyl sites for hydroxylation is 1. The van der Waals surface area contributed by atoms with Crippen LogP contribution in [-0.4, -0.2) is 19.7 Å². The average molecular weight is 288 g/mol. The van der Waals surface area contributed by atoms with Gasteiger partial charge in [-0.05, 0) is 37.8 Å². The molecule has 0 bridgehead atoms. The van der Waals surface area contributed by atoms with E-state index in [2.05, 4.69) is 34.3 Å². The largest absolute Gasteiger partial charge is 0.308 e. The fourth-order valence-corrected chi connectivity index (χ4v) is 2.94. The van der Waals surface area contributed by atoms with Gasteiger partial charge in [0.1, 0.15) is 11.4 Å². The van der Waals surface area contributed by atoms with Gasteiger partial charge in [-0.1, -0.05) is 0 Å². The molecule has 0 fully saturated rings. The van der Waals surface area contributed by atoms with Crippen LogP contribution in [0.5, 0.6) is 0 Å². The van der Waals surface area contributed by atoms with Crippen molar-refractivity contribution in [2.24, 2.45) is 5.84 Å². The number of anilines is 1. The third-order valence-corrected chi connectivity index (χ3v) is 4.35. The SMILES string of the molecule is Cc1nn(Cc2nc(NN)c3ccsc3n2)c(C)c1C. The van der Waals surface area contributed by atoms with E-state index in [1.54, 1.807) is 11.3 Å². The number of nitrogens with zero attached hydrogens (tertiary/aromatic N) is 4. The quantitative estimate of drug-likeness (QED) is 0.570. The Morgan fingerprint density at radius 3 is 2.75 bits per heavy atom. The second kappa shape index (κ2) is 4.84. The number of hydrazine groups is 1. The normalized spacial score (nSPS) is 11.2. The van der Waals surface area contributed by atoms with E-state index < -0.39 is 0 Å². The first kappa shape index (κ1) is 13.0. The van der Waals surface area contributed by atoms with Crippen LogP contribution in [0.25, 0.3) is 10.2 Å². The van der Waals surface area contributed by atoms with Crippen molar-refractivity contribution in [1.82, 2.24) is 19.7 Å². The molecule has 20 heavy (non-hydrogen) atoms. The molecule has 0 amide bonds. The molecule has 104 valence electrons. The van der Waals surface area contributed by atoms with E-state index in [9.17, 15) is 0 Å². The summed E-state index contributed by atoms with van der Waals surface area (Å²) in [6.07, 6.45) is 0. The molecule has 0 unspecified atom stereocenters. The molecule has 3 N–H and O–H groups in total. The van der Waals surface area contributed by atoms with E-state index >= 15 is 0 Å². The number of nitrogens with one attached hydrogen (secondary N) is 1. The smallest absolute Gasteiger partial charge is 0.153 e. The number of hydrogen-bond acceptors (Lipinski definition) is 6. The van der Waals surface area contributed by atoms with Crippen molar-refractivity contribution in [3.63, 3.8) is 0 Å². The molecule has 3 aromatic heterocycles. The summed E-state index contributed by atoms with van der Waals surface area (Å²) in [5.41, 5.74) is 6.02. The Hall–Kier alpha value is -1.99. The van der Waals surface area contributed by atoms with Gasteiger partial charge in [0.15, 0.2) is 11.6 Å². The highest BCUT2D eigenvalue weighted by molar-refractivity contribution is 7.16. The molecule has 0 atom stereocenters. The third-order valence-electron chi connectivity index (χ3n) is 3.54. The maximum Gasteiger partial charge on any atom is 0.153 e. The second-order valence-electron chi connectivity index (χ2n) is 4.73. The zero-order valence-corrected chi connectivity index (χ0v) is 12.5. The highest BCUT2D eigenvalue weighted by atomic mass is 32.1. The molecule has 0 saturated carbocycles. The van der Waals surface area contributed by atoms with Crippen molar-refractivity contribution < 1.29 is 0 Å². The topological polar surface area (TPSA) is 81.7 Å². The second-order valence-corrected chi connectivity index (χ2v) is 5.62. The first-order valence-electron chi connectivity index (χ1n) is 6.31. The minimum atomic E-state index is 0.545. The van der Waals surface area contributed by atoms with Crippen molar-refractivity contribution in [1.29, 1.82) is 0 Å². The van der Waals surface area contributed by atoms with Crippen LogP contribution in [0.3, 0.4) is 0 Å². The number of nitrogen functional groups attached to an aromatic ring is 1. The highest BCUT2D eigenvalue weighted by Crippen LogP contribution is 2.24. The van der Waals surface area contributed by atoms with Crippen LogP contribution in [0.15, 0.2) is 11.4 Å². The van der Waals surface area contributed by atoms with Crippen molar-refractivity contribution >= 4 is 27.4 Å². The van der Waals surface area contributed by atoms with E-state index in [1.807, 2.05) is 23.1 Å². The lowest BCUT2D eigenvalue weighted by molar-refractivity contribution is 0.634. The predicted molar refractivity (Wildman–Crippen MR) is 80.8 cm³/mol. The average Bonchev–Trinajstić information content (AvgIpc) is 2.99. The van der Waals surface area contributed by atoms with E-state index in [1.165, 1.54) is 5.56 Å². The summed E-state index contributed by atoms with van der Waals surface area (Å²) in [5, 5.41) is 7.45. The zero-order chi connectivity index (χ0) is 14.3. The first-order chi connectivity index (χ1) is 9.60. The number of thiophene rings is 1. The Morgan fingerprint density at radius 1 is 1.30 bits per heavy atom. The van der Waals surface area contributed by atoms with Crippen molar-refractivity contribution in [2.45, 2.75) is 27.3 Å². The molecule has 0 spiro atoms. The van der Waals surface area contributed by atoms with Gasteiger partial charge in [0.2, 0.25) is 0 Å². The summed E-state index contributed by atoms with van der Waals surface area (Å²) in [6, 6.07) is 1.96. The lowest BCUT2D eigenvalue weighted by atomic mass is 10.2. The summed E-state index contributed by atoms with van der Waals surface area (Å²) >= 11 is 1.58. The highest BCUT2D eigenvalue weighted by Gasteiger charge is 2.12. The Labute approximate surface area is 120 Å². The molecule has 0 saturated heterocycles. The fraction of sp³-hybridized carbons (Fsp3) is 0.308. The van der Waals surface area contributed by atoms with Crippen LogP contribution in [0.2, 0.25) is 0 Å². The third kappa shape index (κ3) is 2.04. The molecule has 0 aliphatic carbocycles. The van der Waals surface area contributed by atoms with Crippen LogP contribution >= 0.6 is 11.3 Å². The molecule has 3 rings (SSSR count). The van der Waals surface area contributed by atoms with Gasteiger partial charge in [0.25, 0.3) is 0 Å². The van der Waals surface area contributed by atoms with Gasteiger partial charge < -0.3 is 5.43 Å². The van der Waals surface area contributed by atoms with Crippen LogP contribution in [-0.2, 0) is 6.54 Å². The maximum atomic E-state index is 5.54. The monoisotopic (exact) mass is 288 g/mol. The maximum absolute atomic E-state index is 5.54. The molecular formula is C13H16N6S. The van der Waals surface area contributed by atoms with Crippen LogP contribution < -0.4 is 11.3 Å². The van der Waals surface area contributed by atoms with Gasteiger partial charge >= 0.3 is 0 Å². The van der Waals surface area contributed by atoms with Crippen molar-refractivity contribution in [3.8, 4) is 0 Å². The Kier molecular flexibility index (Phi) is 3.15. The molecule has 0 radical (unpaired) electrons. The van der Waals surface area contributed by atoms with E-state index in [0.717, 1.165) is 21.6 Å². The van der Waals surface area contributed by atoms with Gasteiger partial charge in [-0.15, -0.1) is 11.3 Å². The summed E-state index contributed by atoms with van der Waals surface area (Å²) in [6.45, 7) is 6.68. The fourth-order valence-electron chi connectivity index (χ4n) is 2.15. The molecular weight excluding hydrogens is 272 g/mol. The zero-order valence-electron chi connectivity index (χ0n) is 11.6. The van der Waals surface area contributed by atoms with Crippen molar-refractivity contribution in [3.05, 3.63) is 34.2 Å². The number of fused-ring (bicyclic) bond motifs is 1. The summed E-state index contributed by atoms with van der Waals surface area (Å²) < 4.78 is 1.93. The first-order valence-corrected chi connectivity index (χ1v) is 7.19. The Balaban J connectivity index is 2.04. The van der Waals surface area contributed by atoms with E-state index in [4.69, 9.17) is 5.84 Å². The van der Waals surface area contributed by atoms with Crippen LogP contribution in [0, 0.1) is 20.8 Å². The molecule has 3 heterocycles. The number of nitrogens with two attached hydrogens (primary N) is 1. The van der Waals surface area contributed by atoms with Gasteiger partial charge in [0.05, 0.1) is 11.1 Å². The number of aromatic nitrogens is 4. The molecule has 0 aliphatic rings. The van der Waals surface area contributed by atoms with Gasteiger partial charge in [-0.2, -0.15) is 5.10 Å². The summed E-state index contributed by atoms with van der Waals surface area (Å²) in [4.78, 5) is 9.97. The summed E-state index contributed by atoms with van der Waals surface area (Å²) in [5.74, 6) is 6.90. The molecule has 3 aromatic rings. The van der Waals surface area contributed by atoms with E-state index in [0.29, 0.717) is 18.2 Å². The van der Waals surface area contributed by atoms with Gasteiger partial charge in [0, 0.05) is 5.69 Å². The van der Waals surface area contributed by atoms with Crippen LogP contribution in [0.4, 0.5) is 5.82 Å². The minimum Gasteiger partial charge on any atom is -0.308 e.